The maximum Gasteiger partial charge on any atom is 0.494 e. The molecule has 160 valence electrons. The molecule has 2 fully saturated rings. The summed E-state index contributed by atoms with van der Waals surface area (Å²) >= 11 is 0. The Balaban J connectivity index is 1.70. The molecule has 2 saturated heterocycles. The standard InChI is InChI=1S/C22H35BN2O4/c1-20(2,3)25(19(26)27)17-11-13-24(14-12-17)18-10-8-9-16(15-18)23-28-21(4,5)22(6,7)29-23/h8-10,15,17H,11-14H2,1-7H3,(H,26,27). The summed E-state index contributed by atoms with van der Waals surface area (Å²) < 4.78 is 12.4. The first-order chi connectivity index (χ1) is 13.3. The van der Waals surface area contributed by atoms with Gasteiger partial charge in [0.25, 0.3) is 0 Å². The van der Waals surface area contributed by atoms with Gasteiger partial charge >= 0.3 is 13.2 Å². The molecule has 0 atom stereocenters. The van der Waals surface area contributed by atoms with Crippen molar-refractivity contribution in [3.63, 3.8) is 0 Å². The van der Waals surface area contributed by atoms with Gasteiger partial charge in [0.1, 0.15) is 0 Å². The Morgan fingerprint density at radius 3 is 2.17 bits per heavy atom. The van der Waals surface area contributed by atoms with E-state index in [1.165, 1.54) is 0 Å². The topological polar surface area (TPSA) is 62.2 Å². The summed E-state index contributed by atoms with van der Waals surface area (Å²) in [5.74, 6) is 0. The van der Waals surface area contributed by atoms with Crippen LogP contribution in [0.15, 0.2) is 24.3 Å². The molecule has 3 rings (SSSR count). The van der Waals surface area contributed by atoms with Crippen LogP contribution in [0.5, 0.6) is 0 Å². The smallest absolute Gasteiger partial charge is 0.465 e. The zero-order chi connectivity index (χ0) is 21.6. The molecule has 0 aliphatic carbocycles. The molecule has 2 aliphatic rings. The highest BCUT2D eigenvalue weighted by atomic mass is 16.7. The fraction of sp³-hybridized carbons (Fsp3) is 0.682. The second-order valence-corrected chi connectivity index (χ2v) is 10.2. The lowest BCUT2D eigenvalue weighted by molar-refractivity contribution is 0.00578. The monoisotopic (exact) mass is 402 g/mol. The zero-order valence-electron chi connectivity index (χ0n) is 18.9. The van der Waals surface area contributed by atoms with Crippen LogP contribution < -0.4 is 10.4 Å². The molecule has 0 aromatic heterocycles. The molecule has 2 heterocycles. The van der Waals surface area contributed by atoms with Crippen molar-refractivity contribution in [2.24, 2.45) is 0 Å². The summed E-state index contributed by atoms with van der Waals surface area (Å²) in [6.45, 7) is 15.8. The lowest BCUT2D eigenvalue weighted by Gasteiger charge is -2.44. The molecule has 0 saturated carbocycles. The van der Waals surface area contributed by atoms with Gasteiger partial charge in [-0.05, 0) is 78.9 Å². The Hall–Kier alpha value is -1.73. The van der Waals surface area contributed by atoms with Crippen molar-refractivity contribution in [2.75, 3.05) is 18.0 Å². The van der Waals surface area contributed by atoms with Gasteiger partial charge in [-0.15, -0.1) is 0 Å². The number of amides is 1. The van der Waals surface area contributed by atoms with Crippen molar-refractivity contribution in [3.05, 3.63) is 24.3 Å². The number of benzene rings is 1. The summed E-state index contributed by atoms with van der Waals surface area (Å²) in [6.07, 6.45) is 0.813. The number of carboxylic acid groups (broad SMARTS) is 1. The largest absolute Gasteiger partial charge is 0.494 e. The van der Waals surface area contributed by atoms with Gasteiger partial charge in [-0.1, -0.05) is 12.1 Å². The first kappa shape index (κ1) is 22.0. The molecule has 1 amide bonds. The van der Waals surface area contributed by atoms with Gasteiger partial charge in [-0.3, -0.25) is 0 Å². The number of hydrogen-bond donors (Lipinski definition) is 1. The number of rotatable bonds is 3. The normalized spacial score (nSPS) is 22.0. The second-order valence-electron chi connectivity index (χ2n) is 10.2. The third kappa shape index (κ3) is 4.41. The van der Waals surface area contributed by atoms with Crippen LogP contribution in [0, 0.1) is 0 Å². The Morgan fingerprint density at radius 1 is 1.14 bits per heavy atom. The average Bonchev–Trinajstić information content (AvgIpc) is 2.82. The van der Waals surface area contributed by atoms with Gasteiger partial charge in [0.15, 0.2) is 0 Å². The number of hydrogen-bond acceptors (Lipinski definition) is 4. The molecule has 0 unspecified atom stereocenters. The minimum atomic E-state index is -0.835. The highest BCUT2D eigenvalue weighted by Crippen LogP contribution is 2.36. The Kier molecular flexibility index (Phi) is 5.69. The van der Waals surface area contributed by atoms with Crippen LogP contribution in [0.1, 0.15) is 61.3 Å². The Bertz CT molecular complexity index is 735. The quantitative estimate of drug-likeness (QED) is 0.781. The average molecular weight is 402 g/mol. The van der Waals surface area contributed by atoms with E-state index < -0.39 is 11.6 Å². The van der Waals surface area contributed by atoms with Gasteiger partial charge in [0.05, 0.1) is 11.2 Å². The number of piperidine rings is 1. The van der Waals surface area contributed by atoms with E-state index in [1.54, 1.807) is 4.90 Å². The van der Waals surface area contributed by atoms with E-state index >= 15 is 0 Å². The maximum absolute atomic E-state index is 11.8. The van der Waals surface area contributed by atoms with Gasteiger partial charge in [0, 0.05) is 30.4 Å². The minimum Gasteiger partial charge on any atom is -0.465 e. The van der Waals surface area contributed by atoms with Crippen LogP contribution in [0.25, 0.3) is 0 Å². The van der Waals surface area contributed by atoms with E-state index in [9.17, 15) is 9.90 Å². The summed E-state index contributed by atoms with van der Waals surface area (Å²) in [5.41, 5.74) is 1.03. The molecule has 29 heavy (non-hydrogen) atoms. The maximum atomic E-state index is 11.8. The molecular weight excluding hydrogens is 367 g/mol. The highest BCUT2D eigenvalue weighted by Gasteiger charge is 2.51. The molecular formula is C22H35BN2O4. The van der Waals surface area contributed by atoms with E-state index in [-0.39, 0.29) is 24.4 Å². The predicted molar refractivity (Wildman–Crippen MR) is 117 cm³/mol. The van der Waals surface area contributed by atoms with Crippen molar-refractivity contribution >= 4 is 24.4 Å². The lowest BCUT2D eigenvalue weighted by atomic mass is 9.79. The van der Waals surface area contributed by atoms with E-state index in [2.05, 4.69) is 44.7 Å². The third-order valence-electron chi connectivity index (χ3n) is 6.52. The van der Waals surface area contributed by atoms with Crippen molar-refractivity contribution in [1.82, 2.24) is 4.90 Å². The Labute approximate surface area is 175 Å². The number of anilines is 1. The summed E-state index contributed by atoms with van der Waals surface area (Å²) in [7, 11) is -0.374. The lowest BCUT2D eigenvalue weighted by Crippen LogP contribution is -2.54. The van der Waals surface area contributed by atoms with Crippen molar-refractivity contribution in [2.45, 2.75) is 84.1 Å². The van der Waals surface area contributed by atoms with Gasteiger partial charge in [0.2, 0.25) is 0 Å². The van der Waals surface area contributed by atoms with Crippen LogP contribution >= 0.6 is 0 Å². The Morgan fingerprint density at radius 2 is 1.69 bits per heavy atom. The van der Waals surface area contributed by atoms with Crippen molar-refractivity contribution in [1.29, 1.82) is 0 Å². The van der Waals surface area contributed by atoms with Crippen LogP contribution in [0.2, 0.25) is 0 Å². The van der Waals surface area contributed by atoms with E-state index in [0.717, 1.165) is 37.1 Å². The molecule has 0 radical (unpaired) electrons. The van der Waals surface area contributed by atoms with Crippen molar-refractivity contribution < 1.29 is 19.2 Å². The van der Waals surface area contributed by atoms with Crippen LogP contribution in [0.4, 0.5) is 10.5 Å². The summed E-state index contributed by atoms with van der Waals surface area (Å²) in [6, 6.07) is 8.38. The summed E-state index contributed by atoms with van der Waals surface area (Å²) in [4.78, 5) is 15.7. The van der Waals surface area contributed by atoms with E-state index in [1.807, 2.05) is 32.9 Å². The predicted octanol–water partition coefficient (Wildman–Crippen LogP) is 3.73. The first-order valence-electron chi connectivity index (χ1n) is 10.5. The van der Waals surface area contributed by atoms with Gasteiger partial charge < -0.3 is 24.2 Å². The number of nitrogens with zero attached hydrogens (tertiary/aromatic N) is 2. The molecule has 1 N–H and O–H groups in total. The van der Waals surface area contributed by atoms with Gasteiger partial charge in [-0.2, -0.15) is 0 Å². The van der Waals surface area contributed by atoms with E-state index in [4.69, 9.17) is 9.31 Å². The molecule has 2 aliphatic heterocycles. The number of carbonyl (C=O) groups is 1. The SMILES string of the molecule is CC(C)(C)N(C(=O)O)C1CCN(c2cccc(B3OC(C)(C)C(C)(C)O3)c2)CC1. The molecule has 6 nitrogen and oxygen atoms in total. The third-order valence-corrected chi connectivity index (χ3v) is 6.52. The van der Waals surface area contributed by atoms with Crippen LogP contribution in [0.3, 0.4) is 0 Å². The highest BCUT2D eigenvalue weighted by molar-refractivity contribution is 6.62. The molecule has 0 bridgehead atoms. The first-order valence-corrected chi connectivity index (χ1v) is 10.5. The molecule has 1 aromatic rings. The van der Waals surface area contributed by atoms with Crippen LogP contribution in [-0.2, 0) is 9.31 Å². The second kappa shape index (κ2) is 7.51. The fourth-order valence-corrected chi connectivity index (χ4v) is 4.22. The molecule has 7 heteroatoms. The summed E-state index contributed by atoms with van der Waals surface area (Å²) in [5, 5.41) is 9.67. The molecule has 0 spiro atoms. The minimum absolute atomic E-state index is 0.0510. The van der Waals surface area contributed by atoms with Crippen LogP contribution in [-0.4, -0.2) is 59.1 Å². The fourth-order valence-electron chi connectivity index (χ4n) is 4.22. The zero-order valence-corrected chi connectivity index (χ0v) is 18.9. The van der Waals surface area contributed by atoms with Gasteiger partial charge in [-0.25, -0.2) is 4.79 Å². The van der Waals surface area contributed by atoms with Crippen molar-refractivity contribution in [3.8, 4) is 0 Å². The molecule has 1 aromatic carbocycles. The van der Waals surface area contributed by atoms with E-state index in [0.29, 0.717) is 0 Å².